The standard InChI is InChI=1S/C35H29N3O8/c39-20-23-15-21(19-38-23)5-4-14-36-32(42)6-2-1-3-13-37-33(43)22-7-10-27-26(16-22)34(44)46-35(27)28-11-8-24(40)17-30(28)45-31-18-25(41)9-12-29(31)35/h7-12,15-20,38,40-41H,1-3,6,13-14H2,(H,36,42)(H,37,43). The van der Waals surface area contributed by atoms with E-state index in [0.29, 0.717) is 65.6 Å². The van der Waals surface area contributed by atoms with Gasteiger partial charge in [0, 0.05) is 59.1 Å². The molecule has 11 nitrogen and oxygen atoms in total. The first-order chi connectivity index (χ1) is 22.3. The molecule has 232 valence electrons. The minimum absolute atomic E-state index is 0.0390. The van der Waals surface area contributed by atoms with Crippen molar-refractivity contribution in [2.24, 2.45) is 0 Å². The zero-order chi connectivity index (χ0) is 32.3. The van der Waals surface area contributed by atoms with E-state index in [9.17, 15) is 29.4 Å². The van der Waals surface area contributed by atoms with Gasteiger partial charge >= 0.3 is 5.97 Å². The Balaban J connectivity index is 1.04. The number of aromatic hydroxyl groups is 2. The third kappa shape index (κ3) is 5.76. The van der Waals surface area contributed by atoms with Crippen LogP contribution in [-0.2, 0) is 15.1 Å². The molecular weight excluding hydrogens is 590 g/mol. The number of fused-ring (bicyclic) bond motifs is 6. The van der Waals surface area contributed by atoms with Crippen molar-refractivity contribution in [3.05, 3.63) is 106 Å². The number of esters is 1. The van der Waals surface area contributed by atoms with E-state index in [1.807, 2.05) is 0 Å². The summed E-state index contributed by atoms with van der Waals surface area (Å²) in [5.74, 6) is 5.08. The fourth-order valence-electron chi connectivity index (χ4n) is 5.67. The number of hydrogen-bond donors (Lipinski definition) is 5. The first-order valence-electron chi connectivity index (χ1n) is 14.7. The van der Waals surface area contributed by atoms with E-state index < -0.39 is 11.6 Å². The van der Waals surface area contributed by atoms with Gasteiger partial charge in [0.1, 0.15) is 23.0 Å². The first kappa shape index (κ1) is 30.0. The summed E-state index contributed by atoms with van der Waals surface area (Å²) < 4.78 is 12.0. The quantitative estimate of drug-likeness (QED) is 0.0802. The zero-order valence-electron chi connectivity index (χ0n) is 24.5. The Morgan fingerprint density at radius 2 is 1.61 bits per heavy atom. The van der Waals surface area contributed by atoms with Crippen molar-refractivity contribution in [2.45, 2.75) is 31.3 Å². The number of carbonyl (C=O) groups excluding carboxylic acids is 4. The second kappa shape index (κ2) is 12.5. The Morgan fingerprint density at radius 1 is 0.891 bits per heavy atom. The topological polar surface area (TPSA) is 167 Å². The number of nitrogens with one attached hydrogen (secondary N) is 3. The molecule has 0 atom stereocenters. The molecule has 3 heterocycles. The van der Waals surface area contributed by atoms with Crippen LogP contribution in [0.3, 0.4) is 0 Å². The molecular formula is C35H29N3O8. The Hall–Kier alpha value is -6.02. The summed E-state index contributed by atoms with van der Waals surface area (Å²) in [7, 11) is 0. The normalized spacial score (nSPS) is 13.3. The molecule has 11 heteroatoms. The fraction of sp³-hybridized carbons (Fsp3) is 0.200. The summed E-state index contributed by atoms with van der Waals surface area (Å²) in [6, 6.07) is 15.5. The van der Waals surface area contributed by atoms with Crippen LogP contribution in [0.25, 0.3) is 0 Å². The Morgan fingerprint density at radius 3 is 2.30 bits per heavy atom. The van der Waals surface area contributed by atoms with Gasteiger partial charge in [-0.2, -0.15) is 0 Å². The number of H-pyrrole nitrogens is 1. The van der Waals surface area contributed by atoms with Crippen LogP contribution < -0.4 is 15.4 Å². The number of hydrogen-bond acceptors (Lipinski definition) is 8. The third-order valence-electron chi connectivity index (χ3n) is 7.84. The fourth-order valence-corrected chi connectivity index (χ4v) is 5.67. The number of unbranched alkanes of at least 4 members (excludes halogenated alkanes) is 2. The number of aromatic nitrogens is 1. The minimum atomic E-state index is -1.39. The van der Waals surface area contributed by atoms with Crippen LogP contribution in [0.1, 0.15) is 79.1 Å². The Labute approximate surface area is 263 Å². The molecule has 1 aromatic heterocycles. The summed E-state index contributed by atoms with van der Waals surface area (Å²) >= 11 is 0. The predicted octanol–water partition coefficient (Wildman–Crippen LogP) is 4.26. The molecule has 46 heavy (non-hydrogen) atoms. The highest BCUT2D eigenvalue weighted by Crippen LogP contribution is 2.57. The predicted molar refractivity (Wildman–Crippen MR) is 165 cm³/mol. The van der Waals surface area contributed by atoms with Gasteiger partial charge in [0.05, 0.1) is 17.8 Å². The molecule has 0 fully saturated rings. The molecule has 2 aliphatic heterocycles. The number of aromatic amines is 1. The molecule has 0 bridgehead atoms. The van der Waals surface area contributed by atoms with Crippen LogP contribution in [0.15, 0.2) is 66.9 Å². The average Bonchev–Trinajstić information content (AvgIpc) is 3.62. The zero-order valence-corrected chi connectivity index (χ0v) is 24.5. The van der Waals surface area contributed by atoms with Gasteiger partial charge in [0.25, 0.3) is 5.91 Å². The van der Waals surface area contributed by atoms with E-state index in [0.717, 1.165) is 6.42 Å². The van der Waals surface area contributed by atoms with Gasteiger partial charge in [-0.25, -0.2) is 4.79 Å². The lowest BCUT2D eigenvalue weighted by molar-refractivity contribution is -0.120. The number of carbonyl (C=O) groups is 4. The number of benzene rings is 3. The maximum absolute atomic E-state index is 13.3. The first-order valence-corrected chi connectivity index (χ1v) is 14.7. The van der Waals surface area contributed by atoms with E-state index in [-0.39, 0.29) is 46.9 Å². The summed E-state index contributed by atoms with van der Waals surface area (Å²) in [4.78, 5) is 51.8. The van der Waals surface area contributed by atoms with E-state index in [2.05, 4.69) is 27.5 Å². The molecule has 4 aromatic rings. The minimum Gasteiger partial charge on any atom is -0.508 e. The van der Waals surface area contributed by atoms with Crippen LogP contribution >= 0.6 is 0 Å². The van der Waals surface area contributed by atoms with E-state index in [1.54, 1.807) is 36.5 Å². The number of rotatable bonds is 9. The molecule has 0 unspecified atom stereocenters. The van der Waals surface area contributed by atoms with Crippen LogP contribution in [-0.4, -0.2) is 52.4 Å². The molecule has 3 aromatic carbocycles. The molecule has 0 saturated carbocycles. The van der Waals surface area contributed by atoms with E-state index in [1.165, 1.54) is 30.3 Å². The lowest BCUT2D eigenvalue weighted by Gasteiger charge is -2.36. The monoisotopic (exact) mass is 619 g/mol. The molecule has 0 aliphatic carbocycles. The second-order valence-electron chi connectivity index (χ2n) is 10.9. The maximum atomic E-state index is 13.3. The number of phenols is 2. The molecule has 2 aliphatic rings. The molecule has 5 N–H and O–H groups in total. The lowest BCUT2D eigenvalue weighted by atomic mass is 9.77. The maximum Gasteiger partial charge on any atom is 0.340 e. The number of aldehydes is 1. The van der Waals surface area contributed by atoms with E-state index >= 15 is 0 Å². The van der Waals surface area contributed by atoms with Crippen LogP contribution in [0, 0.1) is 11.8 Å². The Bertz CT molecular complexity index is 1880. The van der Waals surface area contributed by atoms with Gasteiger partial charge < -0.3 is 35.3 Å². The molecule has 0 radical (unpaired) electrons. The van der Waals surface area contributed by atoms with Gasteiger partial charge in [-0.1, -0.05) is 24.3 Å². The number of amides is 2. The Kier molecular flexibility index (Phi) is 8.18. The highest BCUT2D eigenvalue weighted by Gasteiger charge is 2.53. The van der Waals surface area contributed by atoms with Crippen LogP contribution in [0.4, 0.5) is 0 Å². The lowest BCUT2D eigenvalue weighted by Crippen LogP contribution is -2.33. The van der Waals surface area contributed by atoms with Crippen molar-refractivity contribution in [3.63, 3.8) is 0 Å². The highest BCUT2D eigenvalue weighted by atomic mass is 16.6. The second-order valence-corrected chi connectivity index (χ2v) is 10.9. The molecule has 1 spiro atoms. The molecule has 6 rings (SSSR count). The largest absolute Gasteiger partial charge is 0.508 e. The van der Waals surface area contributed by atoms with Crippen molar-refractivity contribution in [2.75, 3.05) is 13.1 Å². The van der Waals surface area contributed by atoms with Crippen molar-refractivity contribution in [1.29, 1.82) is 0 Å². The summed E-state index contributed by atoms with van der Waals surface area (Å²) in [6.07, 6.45) is 4.69. The highest BCUT2D eigenvalue weighted by molar-refractivity contribution is 6.01. The van der Waals surface area contributed by atoms with Crippen molar-refractivity contribution in [3.8, 4) is 34.8 Å². The molecule has 0 saturated heterocycles. The van der Waals surface area contributed by atoms with E-state index in [4.69, 9.17) is 9.47 Å². The summed E-state index contributed by atoms with van der Waals surface area (Å²) in [5.41, 5.74) is 1.74. The van der Waals surface area contributed by atoms with Crippen LogP contribution in [0.5, 0.6) is 23.0 Å². The van der Waals surface area contributed by atoms with Gasteiger partial charge in [0.15, 0.2) is 11.9 Å². The van der Waals surface area contributed by atoms with Crippen LogP contribution in [0.2, 0.25) is 0 Å². The number of ether oxygens (including phenoxy) is 2. The van der Waals surface area contributed by atoms with Gasteiger partial charge in [-0.3, -0.25) is 14.4 Å². The number of phenolic OH excluding ortho intramolecular Hbond substituents is 2. The van der Waals surface area contributed by atoms with Gasteiger partial charge in [-0.15, -0.1) is 0 Å². The SMILES string of the molecule is O=Cc1cc(C#CCNC(=O)CCCCCNC(=O)c2ccc3c(c2)C(=O)OC32c3ccc(O)cc3Oc3cc(O)ccc32)c[nH]1. The smallest absolute Gasteiger partial charge is 0.340 e. The van der Waals surface area contributed by atoms with Gasteiger partial charge in [-0.05, 0) is 55.3 Å². The van der Waals surface area contributed by atoms with Crippen molar-refractivity contribution in [1.82, 2.24) is 15.6 Å². The van der Waals surface area contributed by atoms with Crippen molar-refractivity contribution >= 4 is 24.1 Å². The summed E-state index contributed by atoms with van der Waals surface area (Å²) in [6.45, 7) is 0.591. The third-order valence-corrected chi connectivity index (χ3v) is 7.84. The molecule has 2 amide bonds. The van der Waals surface area contributed by atoms with Crippen molar-refractivity contribution < 1.29 is 38.9 Å². The van der Waals surface area contributed by atoms with Gasteiger partial charge in [0.2, 0.25) is 5.91 Å². The average molecular weight is 620 g/mol. The summed E-state index contributed by atoms with van der Waals surface area (Å²) in [5, 5.41) is 25.8.